The van der Waals surface area contributed by atoms with Crippen molar-refractivity contribution in [2.45, 2.75) is 55.9 Å². The molecule has 1 aliphatic carbocycles. The van der Waals surface area contributed by atoms with Crippen LogP contribution in [0.25, 0.3) is 0 Å². The lowest BCUT2D eigenvalue weighted by atomic mass is 9.66. The van der Waals surface area contributed by atoms with Crippen LogP contribution in [0.5, 0.6) is 28.7 Å². The molecule has 5 aliphatic rings. The molecule has 19 heteroatoms. The normalized spacial score (nSPS) is 31.2. The van der Waals surface area contributed by atoms with Crippen molar-refractivity contribution in [1.29, 1.82) is 0 Å². The van der Waals surface area contributed by atoms with E-state index in [2.05, 4.69) is 10.2 Å². The fourth-order valence-electron chi connectivity index (χ4n) is 7.34. The van der Waals surface area contributed by atoms with Gasteiger partial charge in [0.15, 0.2) is 35.6 Å². The van der Waals surface area contributed by atoms with Crippen molar-refractivity contribution in [2.24, 2.45) is 11.8 Å². The second-order valence-corrected chi connectivity index (χ2v) is 15.8. The summed E-state index contributed by atoms with van der Waals surface area (Å²) in [7, 11) is 6.10. The molecule has 4 aliphatic heterocycles. The second kappa shape index (κ2) is 16.8. The van der Waals surface area contributed by atoms with Gasteiger partial charge in [0.05, 0.1) is 39.5 Å². The van der Waals surface area contributed by atoms with Crippen molar-refractivity contribution in [1.82, 2.24) is 10.2 Å². The van der Waals surface area contributed by atoms with E-state index >= 15 is 0 Å². The van der Waals surface area contributed by atoms with Gasteiger partial charge < -0.3 is 62.9 Å². The molecular formula is C34H41ClN2O14S2. The highest BCUT2D eigenvalue weighted by Gasteiger charge is 2.56. The predicted molar refractivity (Wildman–Crippen MR) is 189 cm³/mol. The van der Waals surface area contributed by atoms with Gasteiger partial charge in [-0.25, -0.2) is 9.63 Å². The third-order valence-electron chi connectivity index (χ3n) is 9.74. The first-order chi connectivity index (χ1) is 25.7. The lowest BCUT2D eigenvalue weighted by molar-refractivity contribution is -0.364. The van der Waals surface area contributed by atoms with E-state index in [1.54, 1.807) is 52.8 Å². The summed E-state index contributed by atoms with van der Waals surface area (Å²) in [5.41, 5.74) is 1.91. The minimum Gasteiger partial charge on any atom is -0.493 e. The van der Waals surface area contributed by atoms with Gasteiger partial charge in [0.25, 0.3) is 0 Å². The number of fused-ring (bicyclic) bond motifs is 4. The highest BCUT2D eigenvalue weighted by molar-refractivity contribution is 8.76. The summed E-state index contributed by atoms with van der Waals surface area (Å²) in [6.07, 6.45) is -7.72. The van der Waals surface area contributed by atoms with Crippen LogP contribution in [-0.2, 0) is 28.5 Å². The summed E-state index contributed by atoms with van der Waals surface area (Å²) in [6.45, 7) is 2.86. The molecule has 1 amide bonds. The topological polar surface area (TPSA) is 191 Å². The van der Waals surface area contributed by atoms with Crippen molar-refractivity contribution in [3.8, 4) is 28.7 Å². The number of benzene rings is 2. The first-order valence-electron chi connectivity index (χ1n) is 17.1. The average Bonchev–Trinajstić information content (AvgIpc) is 3.78. The van der Waals surface area contributed by atoms with Gasteiger partial charge in [-0.2, -0.15) is 0 Å². The Kier molecular flexibility index (Phi) is 12.2. The largest absolute Gasteiger partial charge is 0.493 e. The molecule has 4 N–H and O–H groups in total. The Labute approximate surface area is 318 Å². The molecule has 7 rings (SSSR count). The minimum atomic E-state index is -1.47. The number of cyclic esters (lactones) is 1. The maximum Gasteiger partial charge on any atom is 0.412 e. The van der Waals surface area contributed by atoms with Crippen LogP contribution in [0, 0.1) is 11.8 Å². The molecule has 0 spiro atoms. The molecule has 0 bridgehead atoms. The maximum absolute atomic E-state index is 13.7. The average molecular weight is 801 g/mol. The van der Waals surface area contributed by atoms with E-state index in [-0.39, 0.29) is 37.3 Å². The zero-order chi connectivity index (χ0) is 37.2. The van der Waals surface area contributed by atoms with Gasteiger partial charge in [0.2, 0.25) is 12.5 Å². The van der Waals surface area contributed by atoms with Gasteiger partial charge in [-0.1, -0.05) is 21.6 Å². The van der Waals surface area contributed by atoms with Crippen LogP contribution in [0.2, 0.25) is 0 Å². The number of carbonyl (C=O) groups is 2. The molecule has 0 saturated carbocycles. The number of methoxy groups -OCH3 is 2. The third kappa shape index (κ3) is 7.81. The number of halogens is 1. The van der Waals surface area contributed by atoms with Gasteiger partial charge in [-0.3, -0.25) is 4.79 Å². The monoisotopic (exact) mass is 800 g/mol. The molecule has 16 nitrogen and oxygen atoms in total. The van der Waals surface area contributed by atoms with Crippen LogP contribution in [0.15, 0.2) is 24.3 Å². The predicted octanol–water partition coefficient (Wildman–Crippen LogP) is 2.85. The third-order valence-corrected chi connectivity index (χ3v) is 12.3. The number of aliphatic hydroxyl groups is 2. The standard InChI is InChI=1S/C34H41ClN2O14S2/c1-15-44-13-24-31(48-15)27(38)28(39)33(49-24)50-29-18-11-21-20(46-14-47-21)10-17(18)25(26-19(29)12-45-32(26)40)16-8-22(42-2)30(23(9-16)43-3)51-34(41)36-4-6-52-53-7-5-37-35/h8-11,15,19,24-29,31,33,37-39H,4-7,12-14H2,1-3H3,(H,36,41). The zero-order valence-electron chi connectivity index (χ0n) is 29.0. The maximum atomic E-state index is 13.7. The first kappa shape index (κ1) is 38.4. The summed E-state index contributed by atoms with van der Waals surface area (Å²) in [6, 6.07) is 6.98. The molecule has 0 aromatic heterocycles. The number of ether oxygens (including phenoxy) is 10. The Bertz CT molecular complexity index is 1630. The first-order valence-corrected chi connectivity index (χ1v) is 19.9. The van der Waals surface area contributed by atoms with Gasteiger partial charge in [0, 0.05) is 36.4 Å². The quantitative estimate of drug-likeness (QED) is 0.100. The molecule has 3 saturated heterocycles. The van der Waals surface area contributed by atoms with Crippen molar-refractivity contribution in [2.75, 3.05) is 58.8 Å². The van der Waals surface area contributed by atoms with Gasteiger partial charge in [-0.15, -0.1) is 0 Å². The van der Waals surface area contributed by atoms with E-state index in [9.17, 15) is 19.8 Å². The fraction of sp³-hybridized carbons (Fsp3) is 0.588. The molecule has 53 heavy (non-hydrogen) atoms. The number of rotatable bonds is 13. The molecular weight excluding hydrogens is 760 g/mol. The summed E-state index contributed by atoms with van der Waals surface area (Å²) >= 11 is 5.48. The van der Waals surface area contributed by atoms with Gasteiger partial charge in [0.1, 0.15) is 24.4 Å². The number of nitrogens with one attached hydrogen (secondary N) is 2. The summed E-state index contributed by atoms with van der Waals surface area (Å²) in [4.78, 5) is 29.1. The Morgan fingerprint density at radius 2 is 1.64 bits per heavy atom. The Morgan fingerprint density at radius 3 is 2.34 bits per heavy atom. The highest BCUT2D eigenvalue weighted by atomic mass is 35.5. The van der Waals surface area contributed by atoms with E-state index in [1.807, 2.05) is 0 Å². The number of esters is 1. The SMILES string of the molecule is COc1cc(C2c3cc4c(cc3C(OC3OC5COC(C)OC5C(O)C3O)C3COC(=O)C23)OCO4)cc(OC)c1OC(=O)NCCSSCCNCl. The summed E-state index contributed by atoms with van der Waals surface area (Å²) in [5.74, 6) is 0.420. The van der Waals surface area contributed by atoms with Crippen LogP contribution in [0.3, 0.4) is 0 Å². The van der Waals surface area contributed by atoms with E-state index in [0.717, 1.165) is 5.75 Å². The van der Waals surface area contributed by atoms with Crippen LogP contribution >= 0.6 is 33.4 Å². The molecule has 3 fully saturated rings. The lowest BCUT2D eigenvalue weighted by Gasteiger charge is -2.47. The van der Waals surface area contributed by atoms with Crippen molar-refractivity contribution >= 4 is 45.4 Å². The number of aliphatic hydroxyl groups excluding tert-OH is 2. The van der Waals surface area contributed by atoms with E-state index < -0.39 is 72.9 Å². The number of carbonyl (C=O) groups excluding carboxylic acids is 2. The van der Waals surface area contributed by atoms with E-state index in [0.29, 0.717) is 47.0 Å². The molecule has 10 atom stereocenters. The molecule has 290 valence electrons. The fourth-order valence-corrected chi connectivity index (χ4v) is 9.36. The summed E-state index contributed by atoms with van der Waals surface area (Å²) < 4.78 is 58.2. The smallest absolute Gasteiger partial charge is 0.412 e. The minimum absolute atomic E-state index is 0.000230. The zero-order valence-corrected chi connectivity index (χ0v) is 31.4. The molecule has 0 radical (unpaired) electrons. The highest BCUT2D eigenvalue weighted by Crippen LogP contribution is 2.57. The van der Waals surface area contributed by atoms with Crippen LogP contribution in [0.4, 0.5) is 4.79 Å². The molecule has 2 aromatic carbocycles. The van der Waals surface area contributed by atoms with Crippen molar-refractivity contribution < 1.29 is 67.2 Å². The second-order valence-electron chi connectivity index (χ2n) is 12.8. The van der Waals surface area contributed by atoms with E-state index in [4.69, 9.17) is 59.1 Å². The number of amides is 1. The molecule has 4 heterocycles. The van der Waals surface area contributed by atoms with Crippen molar-refractivity contribution in [3.63, 3.8) is 0 Å². The van der Waals surface area contributed by atoms with Crippen molar-refractivity contribution in [3.05, 3.63) is 41.0 Å². The Hall–Kier alpha value is -2.91. The van der Waals surface area contributed by atoms with Crippen LogP contribution in [0.1, 0.15) is 35.6 Å². The van der Waals surface area contributed by atoms with Crippen LogP contribution in [-0.4, -0.2) is 118 Å². The number of hydrogen-bond acceptors (Lipinski definition) is 17. The number of hydrogen-bond donors (Lipinski definition) is 4. The van der Waals surface area contributed by atoms with E-state index in [1.165, 1.54) is 14.2 Å². The lowest BCUT2D eigenvalue weighted by Crippen LogP contribution is -2.63. The Morgan fingerprint density at radius 1 is 0.943 bits per heavy atom. The van der Waals surface area contributed by atoms with Gasteiger partial charge >= 0.3 is 12.1 Å². The van der Waals surface area contributed by atoms with Gasteiger partial charge in [-0.05, 0) is 59.7 Å². The molecule has 10 unspecified atom stereocenters. The van der Waals surface area contributed by atoms with Crippen LogP contribution < -0.4 is 33.8 Å². The molecule has 2 aromatic rings. The summed E-state index contributed by atoms with van der Waals surface area (Å²) in [5, 5.41) is 24.9. The Balaban J connectivity index is 1.19.